The Kier molecular flexibility index (Phi) is 6.80. The van der Waals surface area contributed by atoms with E-state index in [9.17, 15) is 10.1 Å². The molecule has 0 saturated carbocycles. The Morgan fingerprint density at radius 3 is 2.62 bits per heavy atom. The first-order valence-corrected chi connectivity index (χ1v) is 6.96. The Bertz CT molecular complexity index is 481. The summed E-state index contributed by atoms with van der Waals surface area (Å²) in [6.07, 6.45) is 1.54. The molecule has 1 unspecified atom stereocenters. The van der Waals surface area contributed by atoms with Crippen LogP contribution in [0.15, 0.2) is 0 Å². The zero-order chi connectivity index (χ0) is 15.8. The molecule has 1 rings (SSSR count). The van der Waals surface area contributed by atoms with Crippen molar-refractivity contribution < 1.29 is 14.4 Å². The summed E-state index contributed by atoms with van der Waals surface area (Å²) in [6, 6.07) is 0.0491. The lowest BCUT2D eigenvalue weighted by Gasteiger charge is -2.14. The molecule has 0 aromatic carbocycles. The summed E-state index contributed by atoms with van der Waals surface area (Å²) < 4.78 is 10.4. The molecule has 0 spiro atoms. The van der Waals surface area contributed by atoms with Gasteiger partial charge in [-0.2, -0.15) is 4.98 Å². The molecule has 1 aromatic rings. The molecule has 1 aromatic heterocycles. The lowest BCUT2D eigenvalue weighted by molar-refractivity contribution is -0.385. The van der Waals surface area contributed by atoms with E-state index in [0.717, 1.165) is 12.8 Å². The number of ether oxygens (including phenoxy) is 2. The van der Waals surface area contributed by atoms with Crippen LogP contribution in [0.4, 0.5) is 11.5 Å². The summed E-state index contributed by atoms with van der Waals surface area (Å²) >= 11 is 0. The predicted octanol–water partition coefficient (Wildman–Crippen LogP) is 2.53. The molecule has 1 N–H and O–H groups in total. The second kappa shape index (κ2) is 8.35. The summed E-state index contributed by atoms with van der Waals surface area (Å²) in [5.41, 5.74) is -0.233. The van der Waals surface area contributed by atoms with Gasteiger partial charge in [0.1, 0.15) is 6.61 Å². The number of aromatic nitrogens is 2. The molecular formula is C13H22N4O4. The van der Waals surface area contributed by atoms with Crippen LogP contribution in [0.25, 0.3) is 0 Å². The first kappa shape index (κ1) is 17.1. The largest absolute Gasteiger partial charge is 0.473 e. The molecule has 0 radical (unpaired) electrons. The lowest BCUT2D eigenvalue weighted by Crippen LogP contribution is -2.18. The number of rotatable bonds is 9. The molecule has 0 aliphatic heterocycles. The Morgan fingerprint density at radius 2 is 2.10 bits per heavy atom. The summed E-state index contributed by atoms with van der Waals surface area (Å²) in [5, 5.41) is 14.3. The van der Waals surface area contributed by atoms with Gasteiger partial charge >= 0.3 is 5.69 Å². The number of methoxy groups -OCH3 is 1. The highest BCUT2D eigenvalue weighted by Crippen LogP contribution is 2.32. The van der Waals surface area contributed by atoms with E-state index in [1.54, 1.807) is 0 Å². The fourth-order valence-corrected chi connectivity index (χ4v) is 1.57. The quantitative estimate of drug-likeness (QED) is 0.552. The van der Waals surface area contributed by atoms with Crippen LogP contribution in [0, 0.1) is 10.1 Å². The SMILES string of the molecule is CCCOc1nc(COC)nc(NC(C)CC)c1[N+](=O)[O-]. The second-order valence-corrected chi connectivity index (χ2v) is 4.63. The number of hydrogen-bond donors (Lipinski definition) is 1. The molecule has 1 atom stereocenters. The van der Waals surface area contributed by atoms with Crippen molar-refractivity contribution in [1.82, 2.24) is 9.97 Å². The topological polar surface area (TPSA) is 99.4 Å². The number of nitrogens with zero attached hydrogens (tertiary/aromatic N) is 3. The van der Waals surface area contributed by atoms with Crippen molar-refractivity contribution in [3.63, 3.8) is 0 Å². The third kappa shape index (κ3) is 4.82. The van der Waals surface area contributed by atoms with Crippen LogP contribution in [-0.2, 0) is 11.3 Å². The van der Waals surface area contributed by atoms with Gasteiger partial charge in [-0.3, -0.25) is 10.1 Å². The maximum atomic E-state index is 11.3. The van der Waals surface area contributed by atoms with Crippen LogP contribution in [0.5, 0.6) is 5.88 Å². The average molecular weight is 298 g/mol. The molecular weight excluding hydrogens is 276 g/mol. The van der Waals surface area contributed by atoms with Crippen molar-refractivity contribution in [3.05, 3.63) is 15.9 Å². The molecule has 0 aliphatic carbocycles. The van der Waals surface area contributed by atoms with Crippen LogP contribution in [0.2, 0.25) is 0 Å². The van der Waals surface area contributed by atoms with Gasteiger partial charge in [-0.05, 0) is 19.8 Å². The van der Waals surface area contributed by atoms with E-state index in [4.69, 9.17) is 9.47 Å². The Balaban J connectivity index is 3.27. The van der Waals surface area contributed by atoms with E-state index in [2.05, 4.69) is 15.3 Å². The maximum absolute atomic E-state index is 11.3. The minimum atomic E-state index is -0.522. The van der Waals surface area contributed by atoms with Gasteiger partial charge in [0.2, 0.25) is 5.82 Å². The van der Waals surface area contributed by atoms with E-state index in [1.165, 1.54) is 7.11 Å². The summed E-state index contributed by atoms with van der Waals surface area (Å²) in [4.78, 5) is 19.0. The van der Waals surface area contributed by atoms with Gasteiger partial charge in [0.25, 0.3) is 5.88 Å². The smallest absolute Gasteiger partial charge is 0.372 e. The molecule has 0 bridgehead atoms. The third-order valence-corrected chi connectivity index (χ3v) is 2.79. The molecule has 0 fully saturated rings. The van der Waals surface area contributed by atoms with Crippen LogP contribution >= 0.6 is 0 Å². The number of hydrogen-bond acceptors (Lipinski definition) is 7. The van der Waals surface area contributed by atoms with E-state index < -0.39 is 4.92 Å². The summed E-state index contributed by atoms with van der Waals surface area (Å²) in [6.45, 7) is 6.34. The van der Waals surface area contributed by atoms with Crippen molar-refractivity contribution in [3.8, 4) is 5.88 Å². The predicted molar refractivity (Wildman–Crippen MR) is 78.6 cm³/mol. The van der Waals surface area contributed by atoms with Crippen LogP contribution < -0.4 is 10.1 Å². The molecule has 0 saturated heterocycles. The van der Waals surface area contributed by atoms with Gasteiger partial charge in [0.05, 0.1) is 11.5 Å². The number of anilines is 1. The van der Waals surface area contributed by atoms with E-state index in [-0.39, 0.29) is 30.0 Å². The van der Waals surface area contributed by atoms with Crippen molar-refractivity contribution in [2.45, 2.75) is 46.3 Å². The van der Waals surface area contributed by atoms with Gasteiger partial charge in [0, 0.05) is 13.2 Å². The Labute approximate surface area is 124 Å². The van der Waals surface area contributed by atoms with Crippen LogP contribution in [0.3, 0.4) is 0 Å². The van der Waals surface area contributed by atoms with Gasteiger partial charge in [-0.1, -0.05) is 13.8 Å². The molecule has 1 heterocycles. The average Bonchev–Trinajstić information content (AvgIpc) is 2.44. The summed E-state index contributed by atoms with van der Waals surface area (Å²) in [5.74, 6) is 0.497. The molecule has 0 aliphatic rings. The Hall–Kier alpha value is -1.96. The van der Waals surface area contributed by atoms with Gasteiger partial charge in [-0.15, -0.1) is 0 Å². The van der Waals surface area contributed by atoms with Crippen molar-refractivity contribution in [2.75, 3.05) is 19.0 Å². The van der Waals surface area contributed by atoms with Crippen LogP contribution in [-0.4, -0.2) is 34.6 Å². The fraction of sp³-hybridized carbons (Fsp3) is 0.692. The van der Waals surface area contributed by atoms with Crippen molar-refractivity contribution >= 4 is 11.5 Å². The summed E-state index contributed by atoms with van der Waals surface area (Å²) in [7, 11) is 1.51. The highest BCUT2D eigenvalue weighted by Gasteiger charge is 2.27. The second-order valence-electron chi connectivity index (χ2n) is 4.63. The van der Waals surface area contributed by atoms with Gasteiger partial charge in [-0.25, -0.2) is 4.98 Å². The highest BCUT2D eigenvalue weighted by atomic mass is 16.6. The highest BCUT2D eigenvalue weighted by molar-refractivity contribution is 5.62. The van der Waals surface area contributed by atoms with Crippen LogP contribution in [0.1, 0.15) is 39.4 Å². The fourth-order valence-electron chi connectivity index (χ4n) is 1.57. The van der Waals surface area contributed by atoms with E-state index in [0.29, 0.717) is 12.4 Å². The van der Waals surface area contributed by atoms with Gasteiger partial charge in [0.15, 0.2) is 5.82 Å². The number of nitro groups is 1. The van der Waals surface area contributed by atoms with Crippen molar-refractivity contribution in [2.24, 2.45) is 0 Å². The maximum Gasteiger partial charge on any atom is 0.372 e. The van der Waals surface area contributed by atoms with E-state index >= 15 is 0 Å². The minimum absolute atomic E-state index is 0.0188. The minimum Gasteiger partial charge on any atom is -0.473 e. The molecule has 0 amide bonds. The Morgan fingerprint density at radius 1 is 1.38 bits per heavy atom. The number of nitrogens with one attached hydrogen (secondary N) is 1. The standard InChI is InChI=1S/C13H22N4O4/c1-5-7-21-13-11(17(18)19)12(14-9(3)6-2)15-10(16-13)8-20-4/h9H,5-8H2,1-4H3,(H,14,15,16). The zero-order valence-electron chi connectivity index (χ0n) is 12.9. The molecule has 21 heavy (non-hydrogen) atoms. The first-order chi connectivity index (χ1) is 10.0. The third-order valence-electron chi connectivity index (χ3n) is 2.79. The normalized spacial score (nSPS) is 12.0. The molecule has 8 heteroatoms. The van der Waals surface area contributed by atoms with Gasteiger partial charge < -0.3 is 14.8 Å². The zero-order valence-corrected chi connectivity index (χ0v) is 12.9. The monoisotopic (exact) mass is 298 g/mol. The molecule has 118 valence electrons. The first-order valence-electron chi connectivity index (χ1n) is 6.96. The molecule has 8 nitrogen and oxygen atoms in total. The van der Waals surface area contributed by atoms with Crippen molar-refractivity contribution in [1.29, 1.82) is 0 Å². The van der Waals surface area contributed by atoms with E-state index in [1.807, 2.05) is 20.8 Å². The lowest BCUT2D eigenvalue weighted by atomic mass is 10.2.